The summed E-state index contributed by atoms with van der Waals surface area (Å²) in [6.45, 7) is 11.9. The third-order valence-electron chi connectivity index (χ3n) is 8.45. The van der Waals surface area contributed by atoms with Crippen molar-refractivity contribution in [1.29, 1.82) is 0 Å². The first kappa shape index (κ1) is 30.1. The lowest BCUT2D eigenvalue weighted by Gasteiger charge is -2.36. The molecule has 0 saturated carbocycles. The first-order valence-electron chi connectivity index (χ1n) is 15.0. The van der Waals surface area contributed by atoms with Crippen molar-refractivity contribution in [3.63, 3.8) is 0 Å². The fourth-order valence-electron chi connectivity index (χ4n) is 6.36. The molecule has 224 valence electrons. The second-order valence-corrected chi connectivity index (χ2v) is 12.5. The van der Waals surface area contributed by atoms with Crippen LogP contribution >= 0.6 is 0 Å². The Kier molecular flexibility index (Phi) is 8.50. The van der Waals surface area contributed by atoms with E-state index in [0.717, 1.165) is 44.3 Å². The molecule has 4 aromatic carbocycles. The number of carboxylic acids is 1. The van der Waals surface area contributed by atoms with E-state index in [9.17, 15) is 14.7 Å². The van der Waals surface area contributed by atoms with Gasteiger partial charge in [0.2, 0.25) is 0 Å². The minimum atomic E-state index is -0.913. The zero-order valence-corrected chi connectivity index (χ0v) is 25.9. The first-order valence-corrected chi connectivity index (χ1v) is 15.0. The maximum atomic E-state index is 13.7. The number of rotatable bonds is 7. The number of nitrogens with zero attached hydrogens (tertiary/aromatic N) is 1. The number of hydrogen-bond donors (Lipinski definition) is 1. The third kappa shape index (κ3) is 6.38. The molecule has 1 aliphatic rings. The Morgan fingerprint density at radius 3 is 2.40 bits per heavy atom. The Labute approximate surface area is 254 Å². The van der Waals surface area contributed by atoms with Crippen LogP contribution in [-0.2, 0) is 4.74 Å². The van der Waals surface area contributed by atoms with Gasteiger partial charge < -0.3 is 19.5 Å². The van der Waals surface area contributed by atoms with Crippen molar-refractivity contribution < 1.29 is 24.2 Å². The van der Waals surface area contributed by atoms with E-state index in [1.807, 2.05) is 82.0 Å². The average Bonchev–Trinajstić information content (AvgIpc) is 2.95. The van der Waals surface area contributed by atoms with E-state index < -0.39 is 11.6 Å². The van der Waals surface area contributed by atoms with Crippen LogP contribution in [0.25, 0.3) is 10.8 Å². The number of aromatic carboxylic acids is 1. The molecule has 6 nitrogen and oxygen atoms in total. The van der Waals surface area contributed by atoms with E-state index >= 15 is 0 Å². The predicted molar refractivity (Wildman–Crippen MR) is 170 cm³/mol. The van der Waals surface area contributed by atoms with Gasteiger partial charge in [-0.2, -0.15) is 0 Å². The molecule has 0 fully saturated rings. The molecule has 0 saturated heterocycles. The van der Waals surface area contributed by atoms with E-state index in [-0.39, 0.29) is 24.2 Å². The fraction of sp³-hybridized carbons (Fsp3) is 0.351. The normalized spacial score (nSPS) is 17.1. The number of benzene rings is 4. The van der Waals surface area contributed by atoms with Gasteiger partial charge in [0, 0.05) is 24.4 Å². The molecule has 4 aromatic rings. The molecule has 1 N–H and O–H groups in total. The molecule has 0 radical (unpaired) electrons. The topological polar surface area (TPSA) is 76.1 Å². The summed E-state index contributed by atoms with van der Waals surface area (Å²) >= 11 is 0. The van der Waals surface area contributed by atoms with Crippen molar-refractivity contribution in [3.05, 3.63) is 112 Å². The number of carbonyl (C=O) groups excluding carboxylic acids is 1. The lowest BCUT2D eigenvalue weighted by molar-refractivity contribution is 0.0141. The van der Waals surface area contributed by atoms with Crippen LogP contribution in [0.2, 0.25) is 0 Å². The zero-order valence-electron chi connectivity index (χ0n) is 25.9. The van der Waals surface area contributed by atoms with Crippen LogP contribution in [0, 0.1) is 13.8 Å². The van der Waals surface area contributed by atoms with Crippen molar-refractivity contribution in [2.75, 3.05) is 6.54 Å². The molecule has 0 aliphatic carbocycles. The van der Waals surface area contributed by atoms with Crippen LogP contribution in [0.5, 0.6) is 5.75 Å². The van der Waals surface area contributed by atoms with Gasteiger partial charge in [-0.05, 0) is 87.1 Å². The smallest absolute Gasteiger partial charge is 0.410 e. The molecule has 0 unspecified atom stereocenters. The summed E-state index contributed by atoms with van der Waals surface area (Å²) < 4.78 is 12.4. The van der Waals surface area contributed by atoms with E-state index in [1.54, 1.807) is 0 Å². The molecule has 0 bridgehead atoms. The van der Waals surface area contributed by atoms with Gasteiger partial charge in [0.05, 0.1) is 11.6 Å². The van der Waals surface area contributed by atoms with Gasteiger partial charge >= 0.3 is 12.1 Å². The number of fused-ring (bicyclic) bond motifs is 2. The SMILES string of the molecule is Cc1ccc([C@@H]2C[C@H](CCN(C(=O)OC(C)(C)C)[C@H](C)c3cccc4ccccc34)Oc3ccccc32)c(C)c1C(=O)O. The van der Waals surface area contributed by atoms with Crippen LogP contribution in [0.4, 0.5) is 4.79 Å². The molecule has 0 spiro atoms. The molecule has 0 aromatic heterocycles. The number of hydrogen-bond acceptors (Lipinski definition) is 4. The minimum Gasteiger partial charge on any atom is -0.490 e. The van der Waals surface area contributed by atoms with Gasteiger partial charge in [0.1, 0.15) is 17.5 Å². The Bertz CT molecular complexity index is 1650. The maximum absolute atomic E-state index is 13.7. The monoisotopic (exact) mass is 579 g/mol. The molecule has 1 heterocycles. The summed E-state index contributed by atoms with van der Waals surface area (Å²) in [7, 11) is 0. The van der Waals surface area contributed by atoms with Crippen molar-refractivity contribution in [3.8, 4) is 5.75 Å². The fourth-order valence-corrected chi connectivity index (χ4v) is 6.36. The van der Waals surface area contributed by atoms with Gasteiger partial charge in [-0.15, -0.1) is 0 Å². The minimum absolute atomic E-state index is 0.0286. The molecule has 3 atom stereocenters. The number of aryl methyl sites for hydroxylation is 1. The third-order valence-corrected chi connectivity index (χ3v) is 8.45. The molecule has 43 heavy (non-hydrogen) atoms. The summed E-state index contributed by atoms with van der Waals surface area (Å²) in [5.74, 6) is -0.144. The predicted octanol–water partition coefficient (Wildman–Crippen LogP) is 8.83. The Morgan fingerprint density at radius 1 is 0.953 bits per heavy atom. The largest absolute Gasteiger partial charge is 0.490 e. The number of carboxylic acid groups (broad SMARTS) is 1. The summed E-state index contributed by atoms with van der Waals surface area (Å²) in [5, 5.41) is 12.2. The quantitative estimate of drug-likeness (QED) is 0.237. The van der Waals surface area contributed by atoms with Crippen molar-refractivity contribution in [1.82, 2.24) is 4.90 Å². The second kappa shape index (κ2) is 12.1. The van der Waals surface area contributed by atoms with Crippen molar-refractivity contribution in [2.45, 2.75) is 78.0 Å². The van der Waals surface area contributed by atoms with E-state index in [0.29, 0.717) is 24.9 Å². The van der Waals surface area contributed by atoms with Crippen LogP contribution in [0.15, 0.2) is 78.9 Å². The van der Waals surface area contributed by atoms with E-state index in [1.165, 1.54) is 0 Å². The summed E-state index contributed by atoms with van der Waals surface area (Å²) in [6, 6.07) is 26.1. The highest BCUT2D eigenvalue weighted by molar-refractivity contribution is 5.91. The van der Waals surface area contributed by atoms with E-state index in [4.69, 9.17) is 9.47 Å². The number of ether oxygens (including phenoxy) is 2. The number of amides is 1. The van der Waals surface area contributed by atoms with Gasteiger partial charge in [-0.25, -0.2) is 9.59 Å². The number of carbonyl (C=O) groups is 2. The molecular formula is C37H41NO5. The maximum Gasteiger partial charge on any atom is 0.410 e. The highest BCUT2D eigenvalue weighted by Gasteiger charge is 2.34. The summed E-state index contributed by atoms with van der Waals surface area (Å²) in [4.78, 5) is 27.6. The Balaban J connectivity index is 1.46. The average molecular weight is 580 g/mol. The van der Waals surface area contributed by atoms with Crippen molar-refractivity contribution in [2.24, 2.45) is 0 Å². The van der Waals surface area contributed by atoms with Crippen LogP contribution < -0.4 is 4.74 Å². The van der Waals surface area contributed by atoms with Gasteiger partial charge in [0.25, 0.3) is 0 Å². The van der Waals surface area contributed by atoms with Crippen molar-refractivity contribution >= 4 is 22.8 Å². The van der Waals surface area contributed by atoms with Gasteiger partial charge in [-0.1, -0.05) is 72.8 Å². The number of para-hydroxylation sites is 1. The van der Waals surface area contributed by atoms with Crippen LogP contribution in [0.3, 0.4) is 0 Å². The molecule has 1 aliphatic heterocycles. The van der Waals surface area contributed by atoms with E-state index in [2.05, 4.69) is 43.3 Å². The Hall–Kier alpha value is -4.32. The highest BCUT2D eigenvalue weighted by Crippen LogP contribution is 2.43. The molecule has 6 heteroatoms. The standard InChI is InChI=1S/C37H41NO5/c1-23-18-19-28(24(2)34(23)35(39)40)32-22-27(42-33-17-10-9-15-31(32)33)20-21-38(36(41)43-37(4,5)6)25(3)29-16-11-13-26-12-7-8-14-30(26)29/h7-19,25,27,32H,20-22H2,1-6H3,(H,39,40)/t25-,27+,32+/m1/s1. The lowest BCUT2D eigenvalue weighted by atomic mass is 9.80. The lowest BCUT2D eigenvalue weighted by Crippen LogP contribution is -2.41. The zero-order chi connectivity index (χ0) is 30.9. The van der Waals surface area contributed by atoms with Gasteiger partial charge in [-0.3, -0.25) is 0 Å². The first-order chi connectivity index (χ1) is 20.4. The van der Waals surface area contributed by atoms with Gasteiger partial charge in [0.15, 0.2) is 0 Å². The summed E-state index contributed by atoms with van der Waals surface area (Å²) in [6.07, 6.45) is 0.723. The second-order valence-electron chi connectivity index (χ2n) is 12.5. The molecule has 1 amide bonds. The van der Waals surface area contributed by atoms with Crippen LogP contribution in [-0.4, -0.2) is 40.3 Å². The summed E-state index contributed by atoms with van der Waals surface area (Å²) in [5.41, 5.74) is 4.37. The van der Waals surface area contributed by atoms with Crippen LogP contribution in [0.1, 0.15) is 90.7 Å². The molecular weight excluding hydrogens is 538 g/mol. The Morgan fingerprint density at radius 2 is 1.65 bits per heavy atom. The highest BCUT2D eigenvalue weighted by atomic mass is 16.6. The molecule has 5 rings (SSSR count).